The third-order valence-electron chi connectivity index (χ3n) is 4.90. The number of piperazine rings is 1. The monoisotopic (exact) mass is 368 g/mol. The Labute approximate surface area is 160 Å². The number of nitrogens with zero attached hydrogens (tertiary/aromatic N) is 4. The first-order valence-corrected chi connectivity index (χ1v) is 9.50. The first-order valence-electron chi connectivity index (χ1n) is 9.50. The van der Waals surface area contributed by atoms with Gasteiger partial charge in [-0.25, -0.2) is 0 Å². The Balaban J connectivity index is 1.57. The Morgan fingerprint density at radius 2 is 1.78 bits per heavy atom. The molecule has 0 saturated carbocycles. The van der Waals surface area contributed by atoms with Gasteiger partial charge >= 0.3 is 0 Å². The molecule has 2 N–H and O–H groups in total. The molecule has 0 bridgehead atoms. The van der Waals surface area contributed by atoms with Crippen LogP contribution in [0.4, 0.5) is 17.2 Å². The van der Waals surface area contributed by atoms with Crippen molar-refractivity contribution in [3.05, 3.63) is 42.1 Å². The van der Waals surface area contributed by atoms with E-state index in [4.69, 9.17) is 0 Å². The molecule has 1 aromatic carbocycles. The fraction of sp³-hybridized carbons (Fsp3) is 0.450. The summed E-state index contributed by atoms with van der Waals surface area (Å²) in [6.07, 6.45) is 0.994. The number of carbonyl (C=O) groups excluding carboxylic acids is 1. The first-order chi connectivity index (χ1) is 13.0. The number of benzene rings is 1. The van der Waals surface area contributed by atoms with Crippen LogP contribution >= 0.6 is 0 Å². The Morgan fingerprint density at radius 3 is 2.37 bits per heavy atom. The van der Waals surface area contributed by atoms with Gasteiger partial charge in [0.1, 0.15) is 5.82 Å². The first kappa shape index (κ1) is 19.1. The van der Waals surface area contributed by atoms with Crippen molar-refractivity contribution in [1.82, 2.24) is 15.1 Å². The van der Waals surface area contributed by atoms with Gasteiger partial charge in [0.25, 0.3) is 5.91 Å². The third-order valence-corrected chi connectivity index (χ3v) is 4.90. The van der Waals surface area contributed by atoms with Gasteiger partial charge in [0, 0.05) is 43.6 Å². The van der Waals surface area contributed by atoms with Crippen LogP contribution in [0.15, 0.2) is 36.4 Å². The molecule has 144 valence electrons. The summed E-state index contributed by atoms with van der Waals surface area (Å²) in [5, 5.41) is 14.2. The Morgan fingerprint density at radius 1 is 1.07 bits per heavy atom. The molecule has 0 radical (unpaired) electrons. The number of hydrogen-bond acceptors (Lipinski definition) is 6. The van der Waals surface area contributed by atoms with Crippen molar-refractivity contribution in [3.8, 4) is 0 Å². The maximum absolute atomic E-state index is 12.4. The number of aromatic nitrogens is 2. The van der Waals surface area contributed by atoms with Gasteiger partial charge in [0.2, 0.25) is 0 Å². The van der Waals surface area contributed by atoms with E-state index in [1.165, 1.54) is 5.69 Å². The lowest BCUT2D eigenvalue weighted by molar-refractivity contribution is 0.102. The average Bonchev–Trinajstić information content (AvgIpc) is 2.69. The summed E-state index contributed by atoms with van der Waals surface area (Å²) in [5.41, 5.74) is 2.23. The topological polar surface area (TPSA) is 73.4 Å². The fourth-order valence-electron chi connectivity index (χ4n) is 2.90. The van der Waals surface area contributed by atoms with Gasteiger partial charge in [-0.3, -0.25) is 4.79 Å². The van der Waals surface area contributed by atoms with Crippen LogP contribution < -0.4 is 15.5 Å². The van der Waals surface area contributed by atoms with Crippen LogP contribution in [0.2, 0.25) is 0 Å². The molecule has 1 saturated heterocycles. The van der Waals surface area contributed by atoms with Crippen LogP contribution in [0.5, 0.6) is 0 Å². The predicted octanol–water partition coefficient (Wildman–Crippen LogP) is 2.69. The molecule has 1 aliphatic heterocycles. The normalized spacial score (nSPS) is 16.0. The average molecular weight is 368 g/mol. The predicted molar refractivity (Wildman–Crippen MR) is 110 cm³/mol. The number of likely N-dealkylation sites (N-methyl/N-ethyl adjacent to an activating group) is 1. The van der Waals surface area contributed by atoms with Gasteiger partial charge in [-0.1, -0.05) is 6.92 Å². The molecule has 1 aromatic heterocycles. The van der Waals surface area contributed by atoms with Crippen molar-refractivity contribution >= 4 is 23.1 Å². The molecular weight excluding hydrogens is 340 g/mol. The molecule has 1 amide bonds. The fourth-order valence-corrected chi connectivity index (χ4v) is 2.90. The summed E-state index contributed by atoms with van der Waals surface area (Å²) >= 11 is 0. The Hall–Kier alpha value is -2.67. The van der Waals surface area contributed by atoms with Gasteiger partial charge in [0.15, 0.2) is 5.69 Å². The Bertz CT molecular complexity index is 738. The molecule has 2 heterocycles. The molecule has 1 unspecified atom stereocenters. The van der Waals surface area contributed by atoms with Crippen molar-refractivity contribution in [2.75, 3.05) is 48.8 Å². The Kier molecular flexibility index (Phi) is 6.24. The van der Waals surface area contributed by atoms with Crippen LogP contribution in [0.3, 0.4) is 0 Å². The SMILES string of the molecule is CCC(C)Nc1ccc(C(=O)Nc2ccc(N3CCN(C)CC3)cc2)nn1. The molecule has 1 atom stereocenters. The lowest BCUT2D eigenvalue weighted by Gasteiger charge is -2.34. The zero-order valence-corrected chi connectivity index (χ0v) is 16.3. The highest BCUT2D eigenvalue weighted by molar-refractivity contribution is 6.02. The summed E-state index contributed by atoms with van der Waals surface area (Å²) in [5.74, 6) is 0.419. The smallest absolute Gasteiger partial charge is 0.276 e. The van der Waals surface area contributed by atoms with Gasteiger partial charge in [0.05, 0.1) is 0 Å². The summed E-state index contributed by atoms with van der Waals surface area (Å²) < 4.78 is 0. The van der Waals surface area contributed by atoms with Crippen molar-refractivity contribution < 1.29 is 4.79 Å². The number of anilines is 3. The number of carbonyl (C=O) groups is 1. The van der Waals surface area contributed by atoms with E-state index in [0.717, 1.165) is 38.3 Å². The minimum atomic E-state index is -0.259. The zero-order chi connectivity index (χ0) is 19.2. The molecule has 0 aliphatic carbocycles. The lowest BCUT2D eigenvalue weighted by Crippen LogP contribution is -2.44. The van der Waals surface area contributed by atoms with Crippen LogP contribution in [0.25, 0.3) is 0 Å². The second-order valence-electron chi connectivity index (χ2n) is 7.05. The number of amides is 1. The van der Waals surface area contributed by atoms with Crippen LogP contribution in [0, 0.1) is 0 Å². The van der Waals surface area contributed by atoms with Crippen LogP contribution in [-0.4, -0.2) is 60.3 Å². The quantitative estimate of drug-likeness (QED) is 0.817. The maximum atomic E-state index is 12.4. The van der Waals surface area contributed by atoms with E-state index >= 15 is 0 Å². The summed E-state index contributed by atoms with van der Waals surface area (Å²) in [7, 11) is 2.14. The van der Waals surface area contributed by atoms with E-state index in [2.05, 4.69) is 51.5 Å². The number of rotatable bonds is 6. The van der Waals surface area contributed by atoms with Gasteiger partial charge < -0.3 is 20.4 Å². The summed E-state index contributed by atoms with van der Waals surface area (Å²) in [6.45, 7) is 8.36. The lowest BCUT2D eigenvalue weighted by atomic mass is 10.2. The minimum Gasteiger partial charge on any atom is -0.369 e. The van der Waals surface area contributed by atoms with E-state index in [-0.39, 0.29) is 5.91 Å². The molecule has 1 fully saturated rings. The molecule has 0 spiro atoms. The molecule has 7 heteroatoms. The second kappa shape index (κ2) is 8.81. The van der Waals surface area contributed by atoms with Crippen LogP contribution in [0.1, 0.15) is 30.8 Å². The minimum absolute atomic E-state index is 0.259. The molecule has 2 aromatic rings. The van der Waals surface area contributed by atoms with Gasteiger partial charge in [-0.15, -0.1) is 10.2 Å². The van der Waals surface area contributed by atoms with E-state index in [9.17, 15) is 4.79 Å². The van der Waals surface area contributed by atoms with E-state index in [1.807, 2.05) is 24.3 Å². The van der Waals surface area contributed by atoms with Gasteiger partial charge in [-0.05, 0) is 56.8 Å². The maximum Gasteiger partial charge on any atom is 0.276 e. The second-order valence-corrected chi connectivity index (χ2v) is 7.05. The molecule has 3 rings (SSSR count). The molecule has 1 aliphatic rings. The van der Waals surface area contributed by atoms with Gasteiger partial charge in [-0.2, -0.15) is 0 Å². The van der Waals surface area contributed by atoms with Crippen molar-refractivity contribution in [2.24, 2.45) is 0 Å². The molecule has 7 nitrogen and oxygen atoms in total. The highest BCUT2D eigenvalue weighted by atomic mass is 16.1. The van der Waals surface area contributed by atoms with E-state index in [0.29, 0.717) is 17.6 Å². The highest BCUT2D eigenvalue weighted by Gasteiger charge is 2.14. The number of nitrogens with one attached hydrogen (secondary N) is 2. The van der Waals surface area contributed by atoms with Crippen molar-refractivity contribution in [3.63, 3.8) is 0 Å². The standard InChI is InChI=1S/C20H28N6O/c1-4-15(2)21-19-10-9-18(23-24-19)20(27)22-16-5-7-17(8-6-16)26-13-11-25(3)12-14-26/h5-10,15H,4,11-14H2,1-3H3,(H,21,24)(H,22,27). The van der Waals surface area contributed by atoms with Crippen molar-refractivity contribution in [2.45, 2.75) is 26.3 Å². The number of hydrogen-bond donors (Lipinski definition) is 2. The largest absolute Gasteiger partial charge is 0.369 e. The highest BCUT2D eigenvalue weighted by Crippen LogP contribution is 2.19. The van der Waals surface area contributed by atoms with Crippen molar-refractivity contribution in [1.29, 1.82) is 0 Å². The van der Waals surface area contributed by atoms with E-state index in [1.54, 1.807) is 12.1 Å². The summed E-state index contributed by atoms with van der Waals surface area (Å²) in [6, 6.07) is 11.7. The molecular formula is C20H28N6O. The third kappa shape index (κ3) is 5.17. The zero-order valence-electron chi connectivity index (χ0n) is 16.3. The van der Waals surface area contributed by atoms with Crippen LogP contribution in [-0.2, 0) is 0 Å². The summed E-state index contributed by atoms with van der Waals surface area (Å²) in [4.78, 5) is 17.1. The molecule has 27 heavy (non-hydrogen) atoms. The van der Waals surface area contributed by atoms with E-state index < -0.39 is 0 Å².